The molecule has 3 heterocycles. The van der Waals surface area contributed by atoms with E-state index in [9.17, 15) is 5.11 Å². The summed E-state index contributed by atoms with van der Waals surface area (Å²) in [6, 6.07) is 14.1. The van der Waals surface area contributed by atoms with Gasteiger partial charge < -0.3 is 14.7 Å². The van der Waals surface area contributed by atoms with E-state index in [0.29, 0.717) is 5.78 Å². The molecule has 7 nitrogen and oxygen atoms in total. The van der Waals surface area contributed by atoms with Gasteiger partial charge in [0.05, 0.1) is 18.7 Å². The van der Waals surface area contributed by atoms with Gasteiger partial charge in [0, 0.05) is 23.7 Å². The van der Waals surface area contributed by atoms with Crippen LogP contribution >= 0.6 is 0 Å². The predicted molar refractivity (Wildman–Crippen MR) is 110 cm³/mol. The quantitative estimate of drug-likeness (QED) is 0.534. The molecule has 1 saturated heterocycles. The van der Waals surface area contributed by atoms with Crippen LogP contribution in [-0.2, 0) is 4.74 Å². The van der Waals surface area contributed by atoms with Crippen LogP contribution in [0.4, 0.5) is 11.5 Å². The maximum absolute atomic E-state index is 10.1. The van der Waals surface area contributed by atoms with Crippen LogP contribution in [0.3, 0.4) is 0 Å². The Morgan fingerprint density at radius 3 is 2.86 bits per heavy atom. The molecule has 0 spiro atoms. The first-order valence-electron chi connectivity index (χ1n) is 9.30. The number of benzene rings is 2. The van der Waals surface area contributed by atoms with Crippen LogP contribution in [0.5, 0.6) is 0 Å². The van der Waals surface area contributed by atoms with Crippen molar-refractivity contribution in [3.8, 4) is 11.8 Å². The average Bonchev–Trinajstić information content (AvgIpc) is 3.19. The average molecular weight is 385 g/mol. The third kappa shape index (κ3) is 3.09. The summed E-state index contributed by atoms with van der Waals surface area (Å²) in [7, 11) is 1.97. The molecule has 2 aromatic carbocycles. The lowest BCUT2D eigenvalue weighted by Gasteiger charge is -2.30. The normalized spacial score (nSPS) is 15.0. The Balaban J connectivity index is 1.59. The summed E-state index contributed by atoms with van der Waals surface area (Å²) in [4.78, 5) is 6.74. The van der Waals surface area contributed by atoms with Crippen LogP contribution in [0.2, 0.25) is 0 Å². The van der Waals surface area contributed by atoms with Crippen molar-refractivity contribution in [3.63, 3.8) is 0 Å². The molecule has 0 radical (unpaired) electrons. The second kappa shape index (κ2) is 6.55. The van der Waals surface area contributed by atoms with E-state index in [4.69, 9.17) is 9.72 Å². The van der Waals surface area contributed by atoms with Gasteiger partial charge in [0.15, 0.2) is 5.60 Å². The van der Waals surface area contributed by atoms with Gasteiger partial charge in [-0.25, -0.2) is 0 Å². The van der Waals surface area contributed by atoms with E-state index in [1.807, 2.05) is 40.6 Å². The molecule has 1 fully saturated rings. The lowest BCUT2D eigenvalue weighted by molar-refractivity contribution is -0.140. The molecule has 2 aromatic heterocycles. The molecule has 0 saturated carbocycles. The fraction of sp³-hybridized carbons (Fsp3) is 0.227. The van der Waals surface area contributed by atoms with Gasteiger partial charge in [0.1, 0.15) is 12.1 Å². The van der Waals surface area contributed by atoms with Gasteiger partial charge >= 0.3 is 0 Å². The minimum absolute atomic E-state index is 0.257. The summed E-state index contributed by atoms with van der Waals surface area (Å²) < 4.78 is 6.93. The molecular formula is C22H19N5O2. The number of hydrogen-bond acceptors (Lipinski definition) is 6. The topological polar surface area (TPSA) is 75.8 Å². The van der Waals surface area contributed by atoms with Crippen LogP contribution in [0.15, 0.2) is 48.8 Å². The lowest BCUT2D eigenvalue weighted by atomic mass is 10.0. The fourth-order valence-corrected chi connectivity index (χ4v) is 3.39. The fourth-order valence-electron chi connectivity index (χ4n) is 3.39. The van der Waals surface area contributed by atoms with Crippen molar-refractivity contribution in [2.45, 2.75) is 12.5 Å². The van der Waals surface area contributed by atoms with Gasteiger partial charge in [-0.2, -0.15) is 4.98 Å². The highest BCUT2D eigenvalue weighted by atomic mass is 16.5. The standard InChI is InChI=1S/C22H19N5O2/c1-15-6-7-18-19(10-15)27-14-23-25-21(27)24-20(18)26(2)17-5-3-4-16(11-17)8-9-22(28)12-29-13-22/h3-7,10-11,14,28H,12-13H2,1-2H3. The number of aromatic nitrogens is 4. The molecule has 29 heavy (non-hydrogen) atoms. The molecule has 1 aliphatic rings. The molecule has 144 valence electrons. The molecule has 0 aliphatic carbocycles. The monoisotopic (exact) mass is 385 g/mol. The van der Waals surface area contributed by atoms with Crippen molar-refractivity contribution in [1.82, 2.24) is 19.6 Å². The largest absolute Gasteiger partial charge is 0.373 e. The van der Waals surface area contributed by atoms with Gasteiger partial charge in [0.25, 0.3) is 5.78 Å². The van der Waals surface area contributed by atoms with Crippen LogP contribution in [0, 0.1) is 18.8 Å². The zero-order chi connectivity index (χ0) is 20.0. The van der Waals surface area contributed by atoms with E-state index in [2.05, 4.69) is 47.2 Å². The number of fused-ring (bicyclic) bond motifs is 3. The number of ether oxygens (including phenoxy) is 1. The first-order valence-corrected chi connectivity index (χ1v) is 9.30. The highest BCUT2D eigenvalue weighted by Crippen LogP contribution is 2.30. The molecule has 4 aromatic rings. The van der Waals surface area contributed by atoms with Crippen LogP contribution < -0.4 is 4.90 Å². The van der Waals surface area contributed by atoms with E-state index in [-0.39, 0.29) is 13.2 Å². The molecule has 0 atom stereocenters. The molecule has 1 N–H and O–H groups in total. The molecule has 0 unspecified atom stereocenters. The number of aliphatic hydroxyl groups is 1. The lowest BCUT2D eigenvalue weighted by Crippen LogP contribution is -2.48. The summed E-state index contributed by atoms with van der Waals surface area (Å²) in [6.45, 7) is 2.57. The van der Waals surface area contributed by atoms with Crippen molar-refractivity contribution in [1.29, 1.82) is 0 Å². The zero-order valence-corrected chi connectivity index (χ0v) is 16.1. The van der Waals surface area contributed by atoms with Crippen LogP contribution in [0.25, 0.3) is 16.7 Å². The molecule has 5 rings (SSSR count). The number of rotatable bonds is 2. The van der Waals surface area contributed by atoms with E-state index in [0.717, 1.165) is 33.5 Å². The highest BCUT2D eigenvalue weighted by Gasteiger charge is 2.33. The number of anilines is 2. The van der Waals surface area contributed by atoms with Crippen molar-refractivity contribution in [2.24, 2.45) is 0 Å². The summed E-state index contributed by atoms with van der Waals surface area (Å²) >= 11 is 0. The maximum Gasteiger partial charge on any atom is 0.257 e. The molecule has 7 heteroatoms. The highest BCUT2D eigenvalue weighted by molar-refractivity contribution is 5.93. The van der Waals surface area contributed by atoms with Gasteiger partial charge in [-0.3, -0.25) is 4.40 Å². The van der Waals surface area contributed by atoms with Crippen LogP contribution in [-0.4, -0.2) is 50.6 Å². The third-order valence-corrected chi connectivity index (χ3v) is 5.06. The summed E-state index contributed by atoms with van der Waals surface area (Å²) in [5.74, 6) is 7.29. The van der Waals surface area contributed by atoms with Gasteiger partial charge in [0.2, 0.25) is 0 Å². The van der Waals surface area contributed by atoms with Crippen molar-refractivity contribution in [3.05, 3.63) is 59.9 Å². The molecule has 0 amide bonds. The Hall–Kier alpha value is -3.47. The van der Waals surface area contributed by atoms with Crippen LogP contribution in [0.1, 0.15) is 11.1 Å². The van der Waals surface area contributed by atoms with Gasteiger partial charge in [-0.05, 0) is 42.8 Å². The zero-order valence-electron chi connectivity index (χ0n) is 16.1. The first-order chi connectivity index (χ1) is 14.0. The van der Waals surface area contributed by atoms with E-state index in [1.165, 1.54) is 0 Å². The van der Waals surface area contributed by atoms with Gasteiger partial charge in [-0.1, -0.05) is 24.0 Å². The summed E-state index contributed by atoms with van der Waals surface area (Å²) in [6.07, 6.45) is 1.68. The Bertz CT molecular complexity index is 1300. The van der Waals surface area contributed by atoms with Gasteiger partial charge in [-0.15, -0.1) is 10.2 Å². The van der Waals surface area contributed by atoms with E-state index < -0.39 is 5.60 Å². The van der Waals surface area contributed by atoms with Crippen molar-refractivity contribution >= 4 is 28.2 Å². The minimum Gasteiger partial charge on any atom is -0.373 e. The van der Waals surface area contributed by atoms with E-state index in [1.54, 1.807) is 6.33 Å². The Labute approximate surface area is 167 Å². The van der Waals surface area contributed by atoms with Crippen molar-refractivity contribution < 1.29 is 9.84 Å². The number of aryl methyl sites for hydroxylation is 1. The van der Waals surface area contributed by atoms with E-state index >= 15 is 0 Å². The molecule has 1 aliphatic heterocycles. The Morgan fingerprint density at radius 2 is 2.07 bits per heavy atom. The Morgan fingerprint density at radius 1 is 1.21 bits per heavy atom. The number of hydrogen-bond donors (Lipinski definition) is 1. The molecule has 0 bridgehead atoms. The minimum atomic E-state index is -1.03. The van der Waals surface area contributed by atoms with Crippen molar-refractivity contribution in [2.75, 3.05) is 25.2 Å². The first kappa shape index (κ1) is 17.6. The SMILES string of the molecule is Cc1ccc2c(N(C)c3cccc(C#CC4(O)COC4)c3)nc3nncn3c2c1. The predicted octanol–water partition coefficient (Wildman–Crippen LogP) is 2.47. The third-order valence-electron chi connectivity index (χ3n) is 5.06. The summed E-state index contributed by atoms with van der Waals surface area (Å²) in [5.41, 5.74) is 2.88. The maximum atomic E-state index is 10.1. The second-order valence-electron chi connectivity index (χ2n) is 7.34. The number of nitrogens with zero attached hydrogens (tertiary/aromatic N) is 5. The Kier molecular flexibility index (Phi) is 3.98. The smallest absolute Gasteiger partial charge is 0.257 e. The second-order valence-corrected chi connectivity index (χ2v) is 7.34. The summed E-state index contributed by atoms with van der Waals surface area (Å²) in [5, 5.41) is 19.3. The molecular weight excluding hydrogens is 366 g/mol.